The Morgan fingerprint density at radius 2 is 1.81 bits per heavy atom. The van der Waals surface area contributed by atoms with Crippen LogP contribution in [-0.4, -0.2) is 36.5 Å². The smallest absolute Gasteiger partial charge is 0.244 e. The van der Waals surface area contributed by atoms with E-state index >= 15 is 0 Å². The van der Waals surface area contributed by atoms with Crippen molar-refractivity contribution in [3.8, 4) is 0 Å². The average Bonchev–Trinajstić information content (AvgIpc) is 2.81. The second-order valence-corrected chi connectivity index (χ2v) is 10.2. The molecule has 7 nitrogen and oxygen atoms in total. The van der Waals surface area contributed by atoms with E-state index in [-0.39, 0.29) is 4.90 Å². The molecule has 1 aliphatic rings. The van der Waals surface area contributed by atoms with Crippen molar-refractivity contribution in [2.24, 2.45) is 5.10 Å². The zero-order valence-corrected chi connectivity index (χ0v) is 19.8. The molecule has 0 spiro atoms. The van der Waals surface area contributed by atoms with Gasteiger partial charge in [0, 0.05) is 29.1 Å². The highest BCUT2D eigenvalue weighted by Crippen LogP contribution is 2.44. The molecular formula is C23H25N5O2S2. The van der Waals surface area contributed by atoms with Crippen LogP contribution in [0.3, 0.4) is 0 Å². The van der Waals surface area contributed by atoms with Crippen LogP contribution in [0.15, 0.2) is 80.6 Å². The summed E-state index contributed by atoms with van der Waals surface area (Å²) in [7, 11) is -3.52. The van der Waals surface area contributed by atoms with E-state index in [9.17, 15) is 8.42 Å². The number of nitrogens with one attached hydrogen (secondary N) is 2. The van der Waals surface area contributed by atoms with E-state index in [4.69, 9.17) is 0 Å². The van der Waals surface area contributed by atoms with Crippen molar-refractivity contribution in [3.05, 3.63) is 66.4 Å². The largest absolute Gasteiger partial charge is 0.354 e. The number of aromatic nitrogens is 1. The Balaban J connectivity index is 1.48. The zero-order chi connectivity index (χ0) is 22.7. The first-order valence-corrected chi connectivity index (χ1v) is 12.6. The molecule has 1 aliphatic heterocycles. The van der Waals surface area contributed by atoms with Gasteiger partial charge < -0.3 is 5.32 Å². The highest BCUT2D eigenvalue weighted by molar-refractivity contribution is 7.99. The average molecular weight is 468 g/mol. The van der Waals surface area contributed by atoms with Crippen LogP contribution in [0.2, 0.25) is 0 Å². The number of rotatable bonds is 7. The Bertz CT molecular complexity index is 1250. The molecule has 0 saturated heterocycles. The molecule has 0 atom stereocenters. The van der Waals surface area contributed by atoms with Crippen molar-refractivity contribution >= 4 is 44.7 Å². The molecule has 1 aromatic heterocycles. The first kappa shape index (κ1) is 22.3. The molecule has 0 fully saturated rings. The van der Waals surface area contributed by atoms with Crippen molar-refractivity contribution in [1.29, 1.82) is 0 Å². The van der Waals surface area contributed by atoms with Crippen molar-refractivity contribution in [2.75, 3.05) is 23.8 Å². The molecule has 9 heteroatoms. The Morgan fingerprint density at radius 3 is 2.53 bits per heavy atom. The Labute approximate surface area is 193 Å². The molecule has 2 heterocycles. The van der Waals surface area contributed by atoms with Crippen LogP contribution in [-0.2, 0) is 10.0 Å². The van der Waals surface area contributed by atoms with Gasteiger partial charge in [-0.15, -0.1) is 0 Å². The molecule has 0 radical (unpaired) electrons. The van der Waals surface area contributed by atoms with E-state index in [0.29, 0.717) is 18.9 Å². The Kier molecular flexibility index (Phi) is 6.50. The predicted molar refractivity (Wildman–Crippen MR) is 130 cm³/mol. The number of hydrogen-bond acceptors (Lipinski definition) is 7. The maximum absolute atomic E-state index is 12.6. The van der Waals surface area contributed by atoms with Crippen molar-refractivity contribution in [3.63, 3.8) is 0 Å². The van der Waals surface area contributed by atoms with Crippen LogP contribution in [0.25, 0.3) is 0 Å². The molecule has 0 unspecified atom stereocenters. The molecule has 2 aromatic carbocycles. The van der Waals surface area contributed by atoms with Gasteiger partial charge in [0.1, 0.15) is 10.7 Å². The summed E-state index contributed by atoms with van der Waals surface area (Å²) in [6.45, 7) is 6.38. The highest BCUT2D eigenvalue weighted by atomic mass is 32.2. The summed E-state index contributed by atoms with van der Waals surface area (Å²) in [5, 5.41) is 7.91. The molecule has 3 aromatic rings. The monoisotopic (exact) mass is 467 g/mol. The minimum absolute atomic E-state index is 0.172. The normalized spacial score (nSPS) is 13.3. The zero-order valence-electron chi connectivity index (χ0n) is 18.2. The maximum Gasteiger partial charge on any atom is 0.244 e. The summed E-state index contributed by atoms with van der Waals surface area (Å²) in [4.78, 5) is 6.76. The van der Waals surface area contributed by atoms with Gasteiger partial charge in [-0.05, 0) is 48.9 Å². The van der Waals surface area contributed by atoms with Crippen molar-refractivity contribution in [2.45, 2.75) is 35.5 Å². The van der Waals surface area contributed by atoms with Gasteiger partial charge in [-0.1, -0.05) is 43.8 Å². The first-order valence-electron chi connectivity index (χ1n) is 10.4. The summed E-state index contributed by atoms with van der Waals surface area (Å²) in [6, 6.07) is 17.6. The Hall–Kier alpha value is -2.88. The molecule has 166 valence electrons. The second kappa shape index (κ2) is 9.32. The third-order valence-electron chi connectivity index (χ3n) is 5.19. The van der Waals surface area contributed by atoms with Gasteiger partial charge in [0.2, 0.25) is 10.0 Å². The minimum Gasteiger partial charge on any atom is -0.354 e. The molecule has 32 heavy (non-hydrogen) atoms. The highest BCUT2D eigenvalue weighted by Gasteiger charge is 2.21. The number of pyridine rings is 1. The quantitative estimate of drug-likeness (QED) is 0.289. The molecule has 0 saturated carbocycles. The minimum atomic E-state index is -3.52. The molecule has 4 rings (SSSR count). The summed E-state index contributed by atoms with van der Waals surface area (Å²) >= 11 is 1.74. The summed E-state index contributed by atoms with van der Waals surface area (Å²) in [5.41, 5.74) is 6.83. The van der Waals surface area contributed by atoms with Gasteiger partial charge in [-0.3, -0.25) is 5.43 Å². The fraction of sp³-hybridized carbons (Fsp3) is 0.217. The SMILES string of the molecule is CCN(CC)S(=O)(=O)c1ccc(N/N=C(/C)c2ccc3c(c2)Nc2ccccc2S3)nc1. The molecule has 2 N–H and O–H groups in total. The first-order chi connectivity index (χ1) is 15.4. The van der Waals surface area contributed by atoms with Gasteiger partial charge >= 0.3 is 0 Å². The fourth-order valence-corrected chi connectivity index (χ4v) is 5.75. The van der Waals surface area contributed by atoms with E-state index in [1.807, 2.05) is 39.0 Å². The van der Waals surface area contributed by atoms with Gasteiger partial charge in [0.15, 0.2) is 0 Å². The van der Waals surface area contributed by atoms with Gasteiger partial charge in [0.05, 0.1) is 17.1 Å². The lowest BCUT2D eigenvalue weighted by Gasteiger charge is -2.21. The van der Waals surface area contributed by atoms with E-state index in [1.54, 1.807) is 23.9 Å². The number of anilines is 3. The summed E-state index contributed by atoms with van der Waals surface area (Å²) < 4.78 is 26.6. The maximum atomic E-state index is 12.6. The lowest BCUT2D eigenvalue weighted by Crippen LogP contribution is -2.30. The number of para-hydroxylation sites is 1. The van der Waals surface area contributed by atoms with Gasteiger partial charge in [-0.25, -0.2) is 13.4 Å². The van der Waals surface area contributed by atoms with Crippen molar-refractivity contribution < 1.29 is 8.42 Å². The number of hydrogen-bond donors (Lipinski definition) is 2. The van der Waals surface area contributed by atoms with Crippen LogP contribution in [0.1, 0.15) is 26.3 Å². The summed E-state index contributed by atoms with van der Waals surface area (Å²) in [6.07, 6.45) is 1.36. The van der Waals surface area contributed by atoms with Crippen LogP contribution in [0.4, 0.5) is 17.2 Å². The van der Waals surface area contributed by atoms with Crippen LogP contribution < -0.4 is 10.7 Å². The third kappa shape index (κ3) is 4.50. The topological polar surface area (TPSA) is 86.7 Å². The summed E-state index contributed by atoms with van der Waals surface area (Å²) in [5.74, 6) is 0.475. The van der Waals surface area contributed by atoms with Crippen LogP contribution in [0.5, 0.6) is 0 Å². The fourth-order valence-electron chi connectivity index (χ4n) is 3.38. The standard InChI is InChI=1S/C23H25N5O2S2/c1-4-28(5-2)32(29,30)18-11-13-23(24-15-18)27-26-16(3)17-10-12-22-20(14-17)25-19-8-6-7-9-21(19)31-22/h6-15,25H,4-5H2,1-3H3,(H,24,27)/b26-16-. The van der Waals surface area contributed by atoms with E-state index in [2.05, 4.69) is 45.1 Å². The van der Waals surface area contributed by atoms with Gasteiger partial charge in [-0.2, -0.15) is 9.41 Å². The Morgan fingerprint density at radius 1 is 1.06 bits per heavy atom. The number of nitrogens with zero attached hydrogens (tertiary/aromatic N) is 3. The number of hydrazone groups is 1. The van der Waals surface area contributed by atoms with Crippen LogP contribution in [0, 0.1) is 0 Å². The molecule has 0 bridgehead atoms. The number of fused-ring (bicyclic) bond motifs is 2. The number of benzene rings is 2. The van der Waals surface area contributed by atoms with Crippen LogP contribution >= 0.6 is 11.8 Å². The van der Waals surface area contributed by atoms with Gasteiger partial charge in [0.25, 0.3) is 0 Å². The molecule has 0 aliphatic carbocycles. The lowest BCUT2D eigenvalue weighted by molar-refractivity contribution is 0.445. The third-order valence-corrected chi connectivity index (χ3v) is 8.38. The number of sulfonamides is 1. The molecular weight excluding hydrogens is 442 g/mol. The van der Waals surface area contributed by atoms with E-state index in [0.717, 1.165) is 22.6 Å². The second-order valence-electron chi connectivity index (χ2n) is 7.21. The van der Waals surface area contributed by atoms with Crippen molar-refractivity contribution in [1.82, 2.24) is 9.29 Å². The van der Waals surface area contributed by atoms with E-state index in [1.165, 1.54) is 20.3 Å². The molecule has 0 amide bonds. The lowest BCUT2D eigenvalue weighted by atomic mass is 10.1. The predicted octanol–water partition coefficient (Wildman–Crippen LogP) is 5.16. The van der Waals surface area contributed by atoms with E-state index < -0.39 is 10.0 Å².